The molecule has 0 unspecified atom stereocenters. The van der Waals surface area contributed by atoms with E-state index in [9.17, 15) is 0 Å². The number of imidazole rings is 1. The zero-order valence-corrected chi connectivity index (χ0v) is 10.7. The molecule has 0 amide bonds. The van der Waals surface area contributed by atoms with Crippen LogP contribution in [0.4, 0.5) is 0 Å². The average Bonchev–Trinajstić information content (AvgIpc) is 2.87. The van der Waals surface area contributed by atoms with Crippen LogP contribution in [0.5, 0.6) is 0 Å². The van der Waals surface area contributed by atoms with Crippen molar-refractivity contribution < 1.29 is 0 Å². The van der Waals surface area contributed by atoms with Crippen LogP contribution in [0, 0.1) is 10.2 Å². The van der Waals surface area contributed by atoms with Crippen LogP contribution in [0.2, 0.25) is 0 Å². The lowest BCUT2D eigenvalue weighted by Crippen LogP contribution is -2.13. The summed E-state index contributed by atoms with van der Waals surface area (Å²) in [5.41, 5.74) is 1.91. The molecule has 1 fully saturated rings. The molecule has 2 rings (SSSR count). The van der Waals surface area contributed by atoms with Gasteiger partial charge in [0, 0.05) is 18.4 Å². The molecule has 1 N–H and O–H groups in total. The number of aromatic nitrogens is 2. The molecule has 2 nitrogen and oxygen atoms in total. The molecule has 0 aromatic carbocycles. The van der Waals surface area contributed by atoms with Crippen molar-refractivity contribution in [2.75, 3.05) is 0 Å². The van der Waals surface area contributed by atoms with E-state index in [2.05, 4.69) is 36.5 Å². The first-order valence-electron chi connectivity index (χ1n) is 5.86. The number of nitrogens with one attached hydrogen (secondary N) is 1. The van der Waals surface area contributed by atoms with Crippen molar-refractivity contribution in [1.82, 2.24) is 9.55 Å². The molecule has 1 heterocycles. The van der Waals surface area contributed by atoms with E-state index in [1.165, 1.54) is 25.0 Å². The molecule has 0 atom stereocenters. The van der Waals surface area contributed by atoms with E-state index < -0.39 is 0 Å². The lowest BCUT2D eigenvalue weighted by Gasteiger charge is -2.17. The number of rotatable bonds is 4. The second kappa shape index (κ2) is 3.78. The standard InChI is InChI=1S/C12H20N2S/c1-4-12(5-6-12)8-14-10(9(2)3)7-13-11(14)15/h7,9H,4-6,8H2,1-3H3,(H,13,15). The van der Waals surface area contributed by atoms with E-state index in [0.29, 0.717) is 11.3 Å². The maximum atomic E-state index is 5.34. The normalized spacial score (nSPS) is 18.4. The van der Waals surface area contributed by atoms with Crippen LogP contribution < -0.4 is 0 Å². The lowest BCUT2D eigenvalue weighted by molar-refractivity contribution is 0.396. The third kappa shape index (κ3) is 2.03. The molecule has 0 bridgehead atoms. The predicted molar refractivity (Wildman–Crippen MR) is 65.7 cm³/mol. The zero-order chi connectivity index (χ0) is 11.1. The fraction of sp³-hybridized carbons (Fsp3) is 0.750. The Balaban J connectivity index is 2.27. The first kappa shape index (κ1) is 10.9. The molecule has 0 aliphatic heterocycles. The van der Waals surface area contributed by atoms with E-state index in [-0.39, 0.29) is 0 Å². The monoisotopic (exact) mass is 224 g/mol. The fourth-order valence-corrected chi connectivity index (χ4v) is 2.41. The molecule has 84 valence electrons. The third-order valence-electron chi connectivity index (χ3n) is 3.69. The van der Waals surface area contributed by atoms with Gasteiger partial charge in [0.2, 0.25) is 0 Å². The zero-order valence-electron chi connectivity index (χ0n) is 9.84. The molecule has 0 saturated heterocycles. The summed E-state index contributed by atoms with van der Waals surface area (Å²) in [5.74, 6) is 0.547. The highest BCUT2D eigenvalue weighted by Gasteiger charge is 2.41. The predicted octanol–water partition coefficient (Wildman–Crippen LogP) is 3.86. The van der Waals surface area contributed by atoms with Crippen molar-refractivity contribution in [3.63, 3.8) is 0 Å². The third-order valence-corrected chi connectivity index (χ3v) is 4.03. The summed E-state index contributed by atoms with van der Waals surface area (Å²) in [6, 6.07) is 0. The Morgan fingerprint density at radius 1 is 1.53 bits per heavy atom. The van der Waals surface area contributed by atoms with Gasteiger partial charge in [0.05, 0.1) is 0 Å². The molecule has 0 spiro atoms. The highest BCUT2D eigenvalue weighted by Crippen LogP contribution is 2.50. The van der Waals surface area contributed by atoms with Crippen molar-refractivity contribution in [2.45, 2.75) is 52.5 Å². The summed E-state index contributed by atoms with van der Waals surface area (Å²) in [5, 5.41) is 0. The maximum absolute atomic E-state index is 5.34. The van der Waals surface area contributed by atoms with Crippen LogP contribution in [0.3, 0.4) is 0 Å². The van der Waals surface area contributed by atoms with Gasteiger partial charge in [0.25, 0.3) is 0 Å². The molecule has 1 aliphatic rings. The van der Waals surface area contributed by atoms with Crippen molar-refractivity contribution in [3.8, 4) is 0 Å². The van der Waals surface area contributed by atoms with Gasteiger partial charge in [0.1, 0.15) is 0 Å². The molecular weight excluding hydrogens is 204 g/mol. The van der Waals surface area contributed by atoms with Crippen molar-refractivity contribution in [2.24, 2.45) is 5.41 Å². The van der Waals surface area contributed by atoms with Gasteiger partial charge < -0.3 is 9.55 Å². The molecule has 1 aliphatic carbocycles. The summed E-state index contributed by atoms with van der Waals surface area (Å²) in [6.45, 7) is 7.84. The van der Waals surface area contributed by atoms with Crippen molar-refractivity contribution >= 4 is 12.2 Å². The summed E-state index contributed by atoms with van der Waals surface area (Å²) >= 11 is 5.34. The second-order valence-corrected chi connectivity index (χ2v) is 5.50. The van der Waals surface area contributed by atoms with Gasteiger partial charge >= 0.3 is 0 Å². The molecule has 0 radical (unpaired) electrons. The highest BCUT2D eigenvalue weighted by molar-refractivity contribution is 7.71. The van der Waals surface area contributed by atoms with E-state index in [1.54, 1.807) is 0 Å². The van der Waals surface area contributed by atoms with Crippen LogP contribution in [0.15, 0.2) is 6.20 Å². The molecule has 3 heteroatoms. The van der Waals surface area contributed by atoms with Gasteiger partial charge in [-0.05, 0) is 42.8 Å². The smallest absolute Gasteiger partial charge is 0.177 e. The summed E-state index contributed by atoms with van der Waals surface area (Å²) in [7, 11) is 0. The first-order valence-corrected chi connectivity index (χ1v) is 6.27. The van der Waals surface area contributed by atoms with E-state index in [1.807, 2.05) is 0 Å². The molecule has 15 heavy (non-hydrogen) atoms. The number of hydrogen-bond acceptors (Lipinski definition) is 1. The second-order valence-electron chi connectivity index (χ2n) is 5.11. The Hall–Kier alpha value is -0.570. The van der Waals surface area contributed by atoms with Crippen molar-refractivity contribution in [3.05, 3.63) is 16.7 Å². The Labute approximate surface area is 96.7 Å². The minimum Gasteiger partial charge on any atom is -0.337 e. The minimum atomic E-state index is 0.547. The summed E-state index contributed by atoms with van der Waals surface area (Å²) in [4.78, 5) is 3.17. The Morgan fingerprint density at radius 2 is 2.20 bits per heavy atom. The maximum Gasteiger partial charge on any atom is 0.177 e. The Kier molecular flexibility index (Phi) is 2.75. The van der Waals surface area contributed by atoms with Crippen LogP contribution in [0.1, 0.15) is 51.6 Å². The van der Waals surface area contributed by atoms with Gasteiger partial charge in [-0.15, -0.1) is 0 Å². The minimum absolute atomic E-state index is 0.547. The molecular formula is C12H20N2S. The van der Waals surface area contributed by atoms with Gasteiger partial charge in [-0.2, -0.15) is 0 Å². The van der Waals surface area contributed by atoms with E-state index in [0.717, 1.165) is 11.3 Å². The number of aromatic amines is 1. The molecule has 1 aromatic heterocycles. The van der Waals surface area contributed by atoms with Crippen molar-refractivity contribution in [1.29, 1.82) is 0 Å². The quantitative estimate of drug-likeness (QED) is 0.770. The van der Waals surface area contributed by atoms with E-state index in [4.69, 9.17) is 12.2 Å². The largest absolute Gasteiger partial charge is 0.337 e. The number of hydrogen-bond donors (Lipinski definition) is 1. The van der Waals surface area contributed by atoms with Crippen LogP contribution >= 0.6 is 12.2 Å². The highest BCUT2D eigenvalue weighted by atomic mass is 32.1. The van der Waals surface area contributed by atoms with Crippen LogP contribution in [0.25, 0.3) is 0 Å². The van der Waals surface area contributed by atoms with Gasteiger partial charge in [-0.25, -0.2) is 0 Å². The Morgan fingerprint density at radius 3 is 2.67 bits per heavy atom. The van der Waals surface area contributed by atoms with Gasteiger partial charge in [0.15, 0.2) is 4.77 Å². The SMILES string of the molecule is CCC1(Cn2c(C(C)C)c[nH]c2=S)CC1. The molecule has 1 aromatic rings. The van der Waals surface area contributed by atoms with Gasteiger partial charge in [-0.1, -0.05) is 20.8 Å². The Bertz CT molecular complexity index is 396. The summed E-state index contributed by atoms with van der Waals surface area (Å²) < 4.78 is 3.19. The average molecular weight is 224 g/mol. The van der Waals surface area contributed by atoms with Gasteiger partial charge in [-0.3, -0.25) is 0 Å². The number of nitrogens with zero attached hydrogens (tertiary/aromatic N) is 1. The number of H-pyrrole nitrogens is 1. The topological polar surface area (TPSA) is 20.7 Å². The van der Waals surface area contributed by atoms with E-state index >= 15 is 0 Å². The van der Waals surface area contributed by atoms with Crippen LogP contribution in [-0.4, -0.2) is 9.55 Å². The molecule has 1 saturated carbocycles. The first-order chi connectivity index (χ1) is 7.08. The lowest BCUT2D eigenvalue weighted by atomic mass is 10.0. The van der Waals surface area contributed by atoms with Crippen LogP contribution in [-0.2, 0) is 6.54 Å². The summed E-state index contributed by atoms with van der Waals surface area (Å²) in [6.07, 6.45) is 6.08. The fourth-order valence-electron chi connectivity index (χ4n) is 2.19.